The molecule has 1 N–H and O–H groups in total. The van der Waals surface area contributed by atoms with E-state index in [9.17, 15) is 9.90 Å². The van der Waals surface area contributed by atoms with E-state index >= 15 is 0 Å². The molecule has 0 spiro atoms. The van der Waals surface area contributed by atoms with Crippen molar-refractivity contribution in [1.29, 1.82) is 0 Å². The first-order valence-electron chi connectivity index (χ1n) is 7.60. The van der Waals surface area contributed by atoms with Crippen LogP contribution in [0.15, 0.2) is 83.5 Å². The van der Waals surface area contributed by atoms with E-state index in [1.807, 2.05) is 48.5 Å². The minimum Gasteiger partial charge on any atom is -0.467 e. The second-order valence-corrected chi connectivity index (χ2v) is 5.49. The fourth-order valence-corrected chi connectivity index (χ4v) is 2.69. The second-order valence-electron chi connectivity index (χ2n) is 5.49. The molecule has 116 valence electrons. The van der Waals surface area contributed by atoms with Gasteiger partial charge in [0.15, 0.2) is 5.78 Å². The number of rotatable bonds is 6. The SMILES string of the molecule is O=C(c1ccccc1)[C@H](Cc1ccccc1)[C@@H](O)c1ccco1. The van der Waals surface area contributed by atoms with Gasteiger partial charge >= 0.3 is 0 Å². The van der Waals surface area contributed by atoms with E-state index in [0.29, 0.717) is 17.7 Å². The fraction of sp³-hybridized carbons (Fsp3) is 0.150. The van der Waals surface area contributed by atoms with E-state index in [1.54, 1.807) is 24.3 Å². The van der Waals surface area contributed by atoms with E-state index in [1.165, 1.54) is 6.26 Å². The van der Waals surface area contributed by atoms with Gasteiger partial charge in [0.25, 0.3) is 0 Å². The van der Waals surface area contributed by atoms with Crippen LogP contribution in [0.2, 0.25) is 0 Å². The molecule has 0 saturated carbocycles. The molecule has 0 bridgehead atoms. The Bertz CT molecular complexity index is 733. The monoisotopic (exact) mass is 306 g/mol. The summed E-state index contributed by atoms with van der Waals surface area (Å²) in [4.78, 5) is 12.9. The van der Waals surface area contributed by atoms with Crippen molar-refractivity contribution in [3.8, 4) is 0 Å². The van der Waals surface area contributed by atoms with Gasteiger partial charge in [-0.2, -0.15) is 0 Å². The van der Waals surface area contributed by atoms with Crippen molar-refractivity contribution in [3.05, 3.63) is 95.9 Å². The van der Waals surface area contributed by atoms with Crippen LogP contribution in [-0.2, 0) is 6.42 Å². The largest absolute Gasteiger partial charge is 0.467 e. The van der Waals surface area contributed by atoms with Crippen LogP contribution >= 0.6 is 0 Å². The van der Waals surface area contributed by atoms with Crippen molar-refractivity contribution in [2.24, 2.45) is 5.92 Å². The lowest BCUT2D eigenvalue weighted by Gasteiger charge is -2.20. The van der Waals surface area contributed by atoms with E-state index in [4.69, 9.17) is 4.42 Å². The average Bonchev–Trinajstić information content (AvgIpc) is 3.15. The zero-order valence-corrected chi connectivity index (χ0v) is 12.6. The molecule has 0 radical (unpaired) electrons. The highest BCUT2D eigenvalue weighted by Crippen LogP contribution is 2.29. The first-order valence-corrected chi connectivity index (χ1v) is 7.60. The summed E-state index contributed by atoms with van der Waals surface area (Å²) in [6.07, 6.45) is 0.986. The third kappa shape index (κ3) is 3.58. The van der Waals surface area contributed by atoms with Gasteiger partial charge in [-0.1, -0.05) is 60.7 Å². The number of Topliss-reactive ketones (excluding diaryl/α,β-unsaturated/α-hetero) is 1. The molecule has 0 aliphatic heterocycles. The molecule has 0 aliphatic rings. The molecule has 1 aromatic heterocycles. The van der Waals surface area contributed by atoms with Crippen LogP contribution in [0.1, 0.15) is 27.8 Å². The van der Waals surface area contributed by atoms with Crippen molar-refractivity contribution in [3.63, 3.8) is 0 Å². The number of benzene rings is 2. The highest BCUT2D eigenvalue weighted by molar-refractivity contribution is 5.98. The van der Waals surface area contributed by atoms with Crippen LogP contribution in [0.3, 0.4) is 0 Å². The van der Waals surface area contributed by atoms with Crippen LogP contribution in [0.5, 0.6) is 0 Å². The second kappa shape index (κ2) is 7.07. The maximum absolute atomic E-state index is 12.9. The predicted octanol–water partition coefficient (Wildman–Crippen LogP) is 4.05. The van der Waals surface area contributed by atoms with Crippen molar-refractivity contribution in [2.75, 3.05) is 0 Å². The Balaban J connectivity index is 1.91. The molecule has 0 saturated heterocycles. The van der Waals surface area contributed by atoms with Gasteiger partial charge in [-0.25, -0.2) is 0 Å². The smallest absolute Gasteiger partial charge is 0.169 e. The van der Waals surface area contributed by atoms with Gasteiger partial charge < -0.3 is 9.52 Å². The summed E-state index contributed by atoms with van der Waals surface area (Å²) in [5.74, 6) is -0.264. The summed E-state index contributed by atoms with van der Waals surface area (Å²) < 4.78 is 5.30. The molecule has 0 fully saturated rings. The number of aliphatic hydroxyl groups is 1. The van der Waals surface area contributed by atoms with E-state index in [0.717, 1.165) is 5.56 Å². The molecule has 3 nitrogen and oxygen atoms in total. The summed E-state index contributed by atoms with van der Waals surface area (Å²) in [5, 5.41) is 10.6. The minimum absolute atomic E-state index is 0.0849. The number of aliphatic hydroxyl groups excluding tert-OH is 1. The molecule has 3 heteroatoms. The molecule has 23 heavy (non-hydrogen) atoms. The highest BCUT2D eigenvalue weighted by Gasteiger charge is 2.30. The molecule has 3 aromatic rings. The molecule has 1 heterocycles. The van der Waals surface area contributed by atoms with E-state index in [2.05, 4.69) is 0 Å². The summed E-state index contributed by atoms with van der Waals surface area (Å²) in [7, 11) is 0. The third-order valence-electron chi connectivity index (χ3n) is 3.91. The highest BCUT2D eigenvalue weighted by atomic mass is 16.4. The Morgan fingerprint density at radius 2 is 1.57 bits per heavy atom. The van der Waals surface area contributed by atoms with Crippen molar-refractivity contribution in [1.82, 2.24) is 0 Å². The molecule has 2 aromatic carbocycles. The maximum atomic E-state index is 12.9. The van der Waals surface area contributed by atoms with Gasteiger partial charge in [0.05, 0.1) is 12.2 Å². The van der Waals surface area contributed by atoms with Crippen LogP contribution in [-0.4, -0.2) is 10.9 Å². The molecular formula is C20H18O3. The topological polar surface area (TPSA) is 50.4 Å². The van der Waals surface area contributed by atoms with Gasteiger partial charge in [-0.15, -0.1) is 0 Å². The zero-order valence-electron chi connectivity index (χ0n) is 12.6. The lowest BCUT2D eigenvalue weighted by atomic mass is 9.86. The number of ketones is 1. The van der Waals surface area contributed by atoms with Gasteiger partial charge in [-0.05, 0) is 24.1 Å². The van der Waals surface area contributed by atoms with Crippen molar-refractivity contribution >= 4 is 5.78 Å². The number of carbonyl (C=O) groups is 1. The zero-order chi connectivity index (χ0) is 16.1. The lowest BCUT2D eigenvalue weighted by Crippen LogP contribution is -2.24. The van der Waals surface area contributed by atoms with Gasteiger partial charge in [-0.3, -0.25) is 4.79 Å². The minimum atomic E-state index is -0.974. The quantitative estimate of drug-likeness (QED) is 0.699. The standard InChI is InChI=1S/C20H18O3/c21-19(16-10-5-2-6-11-16)17(14-15-8-3-1-4-9-15)20(22)18-12-7-13-23-18/h1-13,17,20,22H,14H2/t17-,20+/m0/s1. The Labute approximate surface area is 135 Å². The number of furan rings is 1. The van der Waals surface area contributed by atoms with Gasteiger partial charge in [0, 0.05) is 5.56 Å². The Kier molecular flexibility index (Phi) is 4.69. The molecule has 3 rings (SSSR count). The number of hydrogen-bond acceptors (Lipinski definition) is 3. The molecule has 0 amide bonds. The predicted molar refractivity (Wildman–Crippen MR) is 88.1 cm³/mol. The first-order chi connectivity index (χ1) is 11.3. The van der Waals surface area contributed by atoms with Crippen LogP contribution in [0, 0.1) is 5.92 Å². The fourth-order valence-electron chi connectivity index (χ4n) is 2.69. The summed E-state index contributed by atoms with van der Waals surface area (Å²) >= 11 is 0. The Morgan fingerprint density at radius 3 is 2.17 bits per heavy atom. The van der Waals surface area contributed by atoms with E-state index < -0.39 is 12.0 Å². The summed E-state index contributed by atoms with van der Waals surface area (Å²) in [5.41, 5.74) is 1.60. The third-order valence-corrected chi connectivity index (χ3v) is 3.91. The first kappa shape index (κ1) is 15.3. The number of hydrogen-bond donors (Lipinski definition) is 1. The molecule has 0 aliphatic carbocycles. The Hall–Kier alpha value is -2.65. The lowest BCUT2D eigenvalue weighted by molar-refractivity contribution is 0.0601. The number of carbonyl (C=O) groups excluding carboxylic acids is 1. The van der Waals surface area contributed by atoms with Crippen LogP contribution < -0.4 is 0 Å². The van der Waals surface area contributed by atoms with Crippen molar-refractivity contribution < 1.29 is 14.3 Å². The normalized spacial score (nSPS) is 13.4. The van der Waals surface area contributed by atoms with E-state index in [-0.39, 0.29) is 5.78 Å². The average molecular weight is 306 g/mol. The maximum Gasteiger partial charge on any atom is 0.169 e. The molecular weight excluding hydrogens is 288 g/mol. The molecule has 0 unspecified atom stereocenters. The van der Waals surface area contributed by atoms with Crippen LogP contribution in [0.4, 0.5) is 0 Å². The van der Waals surface area contributed by atoms with Crippen molar-refractivity contribution in [2.45, 2.75) is 12.5 Å². The van der Waals surface area contributed by atoms with Gasteiger partial charge in [0.2, 0.25) is 0 Å². The summed E-state index contributed by atoms with van der Waals surface area (Å²) in [6.45, 7) is 0. The summed E-state index contributed by atoms with van der Waals surface area (Å²) in [6, 6.07) is 22.2. The van der Waals surface area contributed by atoms with Gasteiger partial charge in [0.1, 0.15) is 11.9 Å². The Morgan fingerprint density at radius 1 is 0.913 bits per heavy atom. The van der Waals surface area contributed by atoms with Crippen LogP contribution in [0.25, 0.3) is 0 Å². The molecule has 2 atom stereocenters.